The van der Waals surface area contributed by atoms with Crippen molar-refractivity contribution in [3.05, 3.63) is 106 Å². The molecule has 4 rings (SSSR count). The van der Waals surface area contributed by atoms with Crippen LogP contribution in [0.4, 0.5) is 28.4 Å². The van der Waals surface area contributed by atoms with E-state index in [1.165, 1.54) is 0 Å². The highest BCUT2D eigenvalue weighted by atomic mass is 16.6. The molecule has 0 N–H and O–H groups in total. The number of nitro benzene ring substituents is 4. The fraction of sp³-hybridized carbons (Fsp3) is 0. The SMILES string of the molecule is O=[N+]([O-])c1cc2c(c([N+](=O)[O-])c1)-c1c(cc([N+](=O)[O-])cc1[N+](=O)[O-])C2=Nc1ccccc1. The highest BCUT2D eigenvalue weighted by Gasteiger charge is 2.41. The van der Waals surface area contributed by atoms with Crippen LogP contribution in [0.25, 0.3) is 11.1 Å². The first-order valence-electron chi connectivity index (χ1n) is 8.77. The molecule has 0 spiro atoms. The third-order valence-corrected chi connectivity index (χ3v) is 4.78. The molecule has 13 nitrogen and oxygen atoms in total. The van der Waals surface area contributed by atoms with E-state index in [0.29, 0.717) is 17.8 Å². The molecule has 13 heteroatoms. The molecule has 1 aliphatic carbocycles. The van der Waals surface area contributed by atoms with Crippen molar-refractivity contribution in [2.75, 3.05) is 0 Å². The van der Waals surface area contributed by atoms with E-state index in [1.807, 2.05) is 0 Å². The van der Waals surface area contributed by atoms with Gasteiger partial charge in [-0.1, -0.05) is 18.2 Å². The zero-order valence-corrected chi connectivity index (χ0v) is 15.7. The van der Waals surface area contributed by atoms with E-state index in [0.717, 1.165) is 12.1 Å². The molecule has 0 fully saturated rings. The molecule has 0 atom stereocenters. The number of hydrogen-bond acceptors (Lipinski definition) is 9. The summed E-state index contributed by atoms with van der Waals surface area (Å²) in [5, 5.41) is 46.2. The molecule has 1 aliphatic rings. The van der Waals surface area contributed by atoms with Crippen molar-refractivity contribution in [2.45, 2.75) is 0 Å². The normalized spacial score (nSPS) is 11.4. The van der Waals surface area contributed by atoms with Crippen LogP contribution in [0.2, 0.25) is 0 Å². The van der Waals surface area contributed by atoms with Gasteiger partial charge in [-0.05, 0) is 12.1 Å². The highest BCUT2D eigenvalue weighted by molar-refractivity contribution is 6.28. The Labute approximate surface area is 176 Å². The monoisotopic (exact) mass is 435 g/mol. The summed E-state index contributed by atoms with van der Waals surface area (Å²) in [5.41, 5.74) is -3.21. The summed E-state index contributed by atoms with van der Waals surface area (Å²) in [6.07, 6.45) is 0. The predicted octanol–water partition coefficient (Wildman–Crippen LogP) is 4.47. The van der Waals surface area contributed by atoms with E-state index in [2.05, 4.69) is 4.99 Å². The first kappa shape index (κ1) is 20.2. The molecule has 158 valence electrons. The van der Waals surface area contributed by atoms with Crippen LogP contribution in [0.1, 0.15) is 11.1 Å². The summed E-state index contributed by atoms with van der Waals surface area (Å²) in [7, 11) is 0. The lowest BCUT2D eigenvalue weighted by Gasteiger charge is -2.03. The van der Waals surface area contributed by atoms with Crippen molar-refractivity contribution in [1.29, 1.82) is 0 Å². The maximum atomic E-state index is 11.7. The number of aliphatic imine (C=N–C) groups is 1. The largest absolute Gasteiger partial charge is 0.285 e. The maximum absolute atomic E-state index is 11.7. The van der Waals surface area contributed by atoms with Crippen LogP contribution in [-0.2, 0) is 0 Å². The zero-order chi connectivity index (χ0) is 23.2. The van der Waals surface area contributed by atoms with Crippen LogP contribution in [0, 0.1) is 40.5 Å². The topological polar surface area (TPSA) is 185 Å². The molecule has 0 bridgehead atoms. The minimum atomic E-state index is -0.897. The van der Waals surface area contributed by atoms with Crippen LogP contribution in [0.5, 0.6) is 0 Å². The molecule has 0 radical (unpaired) electrons. The van der Waals surface area contributed by atoms with E-state index in [-0.39, 0.29) is 28.0 Å². The van der Waals surface area contributed by atoms with Crippen molar-refractivity contribution in [1.82, 2.24) is 0 Å². The Kier molecular flexibility index (Phi) is 4.62. The van der Waals surface area contributed by atoms with Gasteiger partial charge in [-0.3, -0.25) is 40.5 Å². The lowest BCUT2D eigenvalue weighted by Crippen LogP contribution is -2.02. The Morgan fingerprint density at radius 2 is 1.03 bits per heavy atom. The fourth-order valence-electron chi connectivity index (χ4n) is 3.52. The van der Waals surface area contributed by atoms with E-state index in [9.17, 15) is 40.5 Å². The van der Waals surface area contributed by atoms with Crippen LogP contribution < -0.4 is 0 Å². The summed E-state index contributed by atoms with van der Waals surface area (Å²) in [5.74, 6) is 0. The minimum Gasteiger partial charge on any atom is -0.258 e. The highest BCUT2D eigenvalue weighted by Crippen LogP contribution is 2.50. The van der Waals surface area contributed by atoms with Crippen LogP contribution in [0.15, 0.2) is 59.6 Å². The molecule has 0 amide bonds. The summed E-state index contributed by atoms with van der Waals surface area (Å²) in [4.78, 5) is 47.1. The molecule has 3 aromatic carbocycles. The Morgan fingerprint density at radius 1 is 0.594 bits per heavy atom. The average molecular weight is 435 g/mol. The van der Waals surface area contributed by atoms with E-state index < -0.39 is 42.4 Å². The maximum Gasteiger partial charge on any atom is 0.285 e. The van der Waals surface area contributed by atoms with E-state index >= 15 is 0 Å². The first-order valence-corrected chi connectivity index (χ1v) is 8.77. The number of para-hydroxylation sites is 1. The number of fused-ring (bicyclic) bond motifs is 3. The predicted molar refractivity (Wildman–Crippen MR) is 110 cm³/mol. The third-order valence-electron chi connectivity index (χ3n) is 4.78. The van der Waals surface area contributed by atoms with Gasteiger partial charge in [-0.25, -0.2) is 4.99 Å². The van der Waals surface area contributed by atoms with Crippen molar-refractivity contribution in [3.8, 4) is 11.1 Å². The van der Waals surface area contributed by atoms with Gasteiger partial charge in [0.2, 0.25) is 0 Å². The summed E-state index contributed by atoms with van der Waals surface area (Å²) in [6, 6.07) is 11.5. The van der Waals surface area contributed by atoms with Gasteiger partial charge in [0, 0.05) is 23.3 Å². The molecule has 0 unspecified atom stereocenters. The Balaban J connectivity index is 2.19. The number of hydrogen-bond donors (Lipinski definition) is 0. The van der Waals surface area contributed by atoms with Gasteiger partial charge in [-0.2, -0.15) is 0 Å². The fourth-order valence-corrected chi connectivity index (χ4v) is 3.52. The Hall–Kier alpha value is -5.07. The molecule has 0 heterocycles. The standard InChI is InChI=1S/C19H9N5O8/c25-21(26)11-6-13-17(15(8-11)23(29)30)18-14(19(13)20-10-4-2-1-3-5-10)7-12(22(27)28)9-16(18)24(31)32/h1-9H. The van der Waals surface area contributed by atoms with Crippen molar-refractivity contribution in [2.24, 2.45) is 4.99 Å². The summed E-state index contributed by atoms with van der Waals surface area (Å²) < 4.78 is 0. The quantitative estimate of drug-likeness (QED) is 0.324. The van der Waals surface area contributed by atoms with E-state index in [4.69, 9.17) is 0 Å². The average Bonchev–Trinajstić information content (AvgIpc) is 3.06. The lowest BCUT2D eigenvalue weighted by molar-refractivity contribution is -0.395. The summed E-state index contributed by atoms with van der Waals surface area (Å²) >= 11 is 0. The van der Waals surface area contributed by atoms with Gasteiger partial charge in [0.1, 0.15) is 0 Å². The molecular weight excluding hydrogens is 426 g/mol. The lowest BCUT2D eigenvalue weighted by atomic mass is 10.0. The minimum absolute atomic E-state index is 0.0835. The second kappa shape index (κ2) is 7.32. The van der Waals surface area contributed by atoms with Gasteiger partial charge in [0.25, 0.3) is 22.7 Å². The molecule has 32 heavy (non-hydrogen) atoms. The first-order chi connectivity index (χ1) is 15.2. The van der Waals surface area contributed by atoms with Gasteiger partial charge >= 0.3 is 0 Å². The third kappa shape index (κ3) is 3.19. The number of non-ortho nitro benzene ring substituents is 2. The molecule has 0 aliphatic heterocycles. The molecular formula is C19H9N5O8. The number of nitrogens with zero attached hydrogens (tertiary/aromatic N) is 5. The molecule has 0 saturated carbocycles. The Bertz CT molecular complexity index is 1300. The van der Waals surface area contributed by atoms with Gasteiger partial charge in [0.15, 0.2) is 0 Å². The Morgan fingerprint density at radius 3 is 1.41 bits per heavy atom. The number of benzene rings is 3. The van der Waals surface area contributed by atoms with Crippen LogP contribution in [-0.4, -0.2) is 25.4 Å². The van der Waals surface area contributed by atoms with Crippen molar-refractivity contribution in [3.63, 3.8) is 0 Å². The number of rotatable bonds is 5. The second-order valence-electron chi connectivity index (χ2n) is 6.60. The zero-order valence-electron chi connectivity index (χ0n) is 15.7. The summed E-state index contributed by atoms with van der Waals surface area (Å²) in [6.45, 7) is 0. The van der Waals surface area contributed by atoms with Crippen molar-refractivity contribution < 1.29 is 19.7 Å². The van der Waals surface area contributed by atoms with Gasteiger partial charge in [-0.15, -0.1) is 0 Å². The van der Waals surface area contributed by atoms with Crippen LogP contribution >= 0.6 is 0 Å². The second-order valence-corrected chi connectivity index (χ2v) is 6.60. The van der Waals surface area contributed by atoms with Gasteiger partial charge < -0.3 is 0 Å². The van der Waals surface area contributed by atoms with Gasteiger partial charge in [0.05, 0.1) is 54.4 Å². The molecule has 0 saturated heterocycles. The van der Waals surface area contributed by atoms with Crippen LogP contribution in [0.3, 0.4) is 0 Å². The number of nitro groups is 4. The van der Waals surface area contributed by atoms with Crippen molar-refractivity contribution >= 4 is 34.1 Å². The smallest absolute Gasteiger partial charge is 0.258 e. The molecule has 0 aromatic heterocycles. The van der Waals surface area contributed by atoms with E-state index in [1.54, 1.807) is 30.3 Å². The molecule has 3 aromatic rings.